The van der Waals surface area contributed by atoms with Crippen LogP contribution in [0.4, 0.5) is 0 Å². The van der Waals surface area contributed by atoms with Gasteiger partial charge in [-0.05, 0) is 26.2 Å². The number of epoxide rings is 1. The Hall–Kier alpha value is -0.570. The quantitative estimate of drug-likeness (QED) is 0.302. The van der Waals surface area contributed by atoms with Gasteiger partial charge in [0.05, 0.1) is 18.8 Å². The monoisotopic (exact) mass is 270 g/mol. The van der Waals surface area contributed by atoms with Crippen LogP contribution in [0.2, 0.25) is 0 Å². The van der Waals surface area contributed by atoms with E-state index in [1.54, 1.807) is 0 Å². The number of hydrogen-bond donors (Lipinski definition) is 0. The van der Waals surface area contributed by atoms with Crippen molar-refractivity contribution >= 4 is 5.97 Å². The third-order valence-electron chi connectivity index (χ3n) is 3.70. The molecule has 2 unspecified atom stereocenters. The fourth-order valence-corrected chi connectivity index (χ4v) is 2.48. The minimum absolute atomic E-state index is 0.0565. The summed E-state index contributed by atoms with van der Waals surface area (Å²) in [6.45, 7) is 4.59. The smallest absolute Gasteiger partial charge is 0.305 e. The molecular weight excluding hydrogens is 240 g/mol. The second kappa shape index (κ2) is 10.2. The molecule has 112 valence electrons. The van der Waals surface area contributed by atoms with Gasteiger partial charge < -0.3 is 9.47 Å². The molecule has 0 aromatic rings. The Labute approximate surface area is 118 Å². The number of carbonyl (C=O) groups is 1. The summed E-state index contributed by atoms with van der Waals surface area (Å²) in [5, 5.41) is 0. The van der Waals surface area contributed by atoms with Crippen LogP contribution in [0.3, 0.4) is 0 Å². The van der Waals surface area contributed by atoms with E-state index in [0.717, 1.165) is 12.8 Å². The van der Waals surface area contributed by atoms with Crippen LogP contribution < -0.4 is 0 Å². The van der Waals surface area contributed by atoms with Crippen LogP contribution in [-0.4, -0.2) is 24.8 Å². The van der Waals surface area contributed by atoms with Crippen molar-refractivity contribution in [1.82, 2.24) is 0 Å². The second-order valence-corrected chi connectivity index (χ2v) is 5.47. The van der Waals surface area contributed by atoms with Gasteiger partial charge in [0.15, 0.2) is 0 Å². The van der Waals surface area contributed by atoms with Crippen LogP contribution in [-0.2, 0) is 14.3 Å². The molecule has 1 aliphatic heterocycles. The molecule has 0 bridgehead atoms. The highest BCUT2D eigenvalue weighted by Gasteiger charge is 2.36. The van der Waals surface area contributed by atoms with E-state index in [1.165, 1.54) is 44.9 Å². The third-order valence-corrected chi connectivity index (χ3v) is 3.70. The highest BCUT2D eigenvalue weighted by Crippen LogP contribution is 2.31. The van der Waals surface area contributed by atoms with Crippen molar-refractivity contribution < 1.29 is 14.3 Å². The lowest BCUT2D eigenvalue weighted by atomic mass is 10.1. The van der Waals surface area contributed by atoms with Crippen molar-refractivity contribution in [2.75, 3.05) is 6.61 Å². The van der Waals surface area contributed by atoms with Crippen LogP contribution >= 0.6 is 0 Å². The molecule has 0 amide bonds. The van der Waals surface area contributed by atoms with E-state index in [2.05, 4.69) is 6.92 Å². The molecule has 0 spiro atoms. The van der Waals surface area contributed by atoms with Crippen molar-refractivity contribution in [3.05, 3.63) is 0 Å². The summed E-state index contributed by atoms with van der Waals surface area (Å²) in [5.74, 6) is -0.0565. The normalized spacial score (nSPS) is 21.4. The Morgan fingerprint density at radius 3 is 2.16 bits per heavy atom. The lowest BCUT2D eigenvalue weighted by molar-refractivity contribution is -0.143. The number of hydrogen-bond acceptors (Lipinski definition) is 3. The molecule has 3 heteroatoms. The van der Waals surface area contributed by atoms with Gasteiger partial charge in [-0.2, -0.15) is 0 Å². The van der Waals surface area contributed by atoms with Gasteiger partial charge >= 0.3 is 5.97 Å². The molecule has 0 aromatic carbocycles. The van der Waals surface area contributed by atoms with Crippen LogP contribution in [0, 0.1) is 0 Å². The first kappa shape index (κ1) is 16.5. The molecule has 1 heterocycles. The molecule has 1 rings (SSSR count). The first-order chi connectivity index (χ1) is 9.27. The number of ether oxygens (including phenoxy) is 2. The summed E-state index contributed by atoms with van der Waals surface area (Å²) in [6.07, 6.45) is 12.6. The van der Waals surface area contributed by atoms with E-state index in [-0.39, 0.29) is 5.97 Å². The average Bonchev–Trinajstić information content (AvgIpc) is 3.13. The minimum Gasteiger partial charge on any atom is -0.466 e. The van der Waals surface area contributed by atoms with Gasteiger partial charge in [-0.25, -0.2) is 0 Å². The zero-order valence-corrected chi connectivity index (χ0v) is 12.7. The molecular formula is C16H30O3. The summed E-state index contributed by atoms with van der Waals surface area (Å²) < 4.78 is 10.6. The van der Waals surface area contributed by atoms with Gasteiger partial charge in [0, 0.05) is 6.42 Å². The van der Waals surface area contributed by atoms with E-state index in [1.807, 2.05) is 6.92 Å². The molecule has 0 N–H and O–H groups in total. The van der Waals surface area contributed by atoms with Crippen molar-refractivity contribution in [1.29, 1.82) is 0 Å². The first-order valence-electron chi connectivity index (χ1n) is 8.09. The van der Waals surface area contributed by atoms with Gasteiger partial charge in [0.2, 0.25) is 0 Å². The number of esters is 1. The van der Waals surface area contributed by atoms with Gasteiger partial charge in [-0.3, -0.25) is 4.79 Å². The molecule has 1 fully saturated rings. The van der Waals surface area contributed by atoms with Crippen molar-refractivity contribution in [2.45, 2.75) is 90.3 Å². The minimum atomic E-state index is -0.0565. The lowest BCUT2D eigenvalue weighted by Gasteiger charge is -2.01. The predicted molar refractivity (Wildman–Crippen MR) is 77.1 cm³/mol. The Morgan fingerprint density at radius 2 is 1.58 bits per heavy atom. The second-order valence-electron chi connectivity index (χ2n) is 5.47. The maximum Gasteiger partial charge on any atom is 0.305 e. The highest BCUT2D eigenvalue weighted by atomic mass is 16.6. The Morgan fingerprint density at radius 1 is 0.947 bits per heavy atom. The predicted octanol–water partition coefficient (Wildman–Crippen LogP) is 4.24. The third kappa shape index (κ3) is 8.25. The summed E-state index contributed by atoms with van der Waals surface area (Å²) >= 11 is 0. The fourth-order valence-electron chi connectivity index (χ4n) is 2.48. The van der Waals surface area contributed by atoms with Gasteiger partial charge in [-0.1, -0.05) is 45.4 Å². The molecule has 0 radical (unpaired) electrons. The molecule has 3 nitrogen and oxygen atoms in total. The van der Waals surface area contributed by atoms with Gasteiger partial charge in [0.25, 0.3) is 0 Å². The standard InChI is InChI=1S/C16H30O3/c1-3-5-6-8-11-14-15(19-14)12-9-7-10-13-16(17)18-4-2/h14-15H,3-13H2,1-2H3. The Balaban J connectivity index is 1.83. The molecule has 1 aliphatic rings. The molecule has 2 atom stereocenters. The largest absolute Gasteiger partial charge is 0.466 e. The van der Waals surface area contributed by atoms with Crippen molar-refractivity contribution in [3.63, 3.8) is 0 Å². The van der Waals surface area contributed by atoms with E-state index < -0.39 is 0 Å². The SMILES string of the molecule is CCCCCCC1OC1CCCCCC(=O)OCC. The molecule has 0 aliphatic carbocycles. The van der Waals surface area contributed by atoms with Crippen molar-refractivity contribution in [2.24, 2.45) is 0 Å². The van der Waals surface area contributed by atoms with E-state index >= 15 is 0 Å². The lowest BCUT2D eigenvalue weighted by Crippen LogP contribution is -2.03. The molecule has 19 heavy (non-hydrogen) atoms. The summed E-state index contributed by atoms with van der Waals surface area (Å²) in [4.78, 5) is 11.1. The molecule has 0 aromatic heterocycles. The van der Waals surface area contributed by atoms with Crippen LogP contribution in [0.5, 0.6) is 0 Å². The van der Waals surface area contributed by atoms with E-state index in [9.17, 15) is 4.79 Å². The van der Waals surface area contributed by atoms with Gasteiger partial charge in [0.1, 0.15) is 0 Å². The first-order valence-corrected chi connectivity index (χ1v) is 8.09. The maximum atomic E-state index is 11.1. The Kier molecular flexibility index (Phi) is 8.89. The average molecular weight is 270 g/mol. The number of rotatable bonds is 12. The topological polar surface area (TPSA) is 38.8 Å². The zero-order chi connectivity index (χ0) is 13.9. The number of unbranched alkanes of at least 4 members (excludes halogenated alkanes) is 5. The van der Waals surface area contributed by atoms with Crippen LogP contribution in [0.1, 0.15) is 78.1 Å². The summed E-state index contributed by atoms with van der Waals surface area (Å²) in [6, 6.07) is 0. The molecule has 1 saturated heterocycles. The Bertz CT molecular complexity index is 240. The summed E-state index contributed by atoms with van der Waals surface area (Å²) in [7, 11) is 0. The highest BCUT2D eigenvalue weighted by molar-refractivity contribution is 5.69. The number of carbonyl (C=O) groups excluding carboxylic acids is 1. The summed E-state index contributed by atoms with van der Waals surface area (Å²) in [5.41, 5.74) is 0. The van der Waals surface area contributed by atoms with Crippen LogP contribution in [0.15, 0.2) is 0 Å². The zero-order valence-electron chi connectivity index (χ0n) is 12.7. The fraction of sp³-hybridized carbons (Fsp3) is 0.938. The van der Waals surface area contributed by atoms with E-state index in [0.29, 0.717) is 25.2 Å². The molecule has 0 saturated carbocycles. The van der Waals surface area contributed by atoms with Crippen LogP contribution in [0.25, 0.3) is 0 Å². The van der Waals surface area contributed by atoms with Crippen molar-refractivity contribution in [3.8, 4) is 0 Å². The van der Waals surface area contributed by atoms with Gasteiger partial charge in [-0.15, -0.1) is 0 Å². The van der Waals surface area contributed by atoms with E-state index in [4.69, 9.17) is 9.47 Å². The maximum absolute atomic E-state index is 11.1.